The summed E-state index contributed by atoms with van der Waals surface area (Å²) in [5, 5.41) is 0. The molecule has 0 aliphatic carbocycles. The van der Waals surface area contributed by atoms with Crippen LogP contribution in [0.4, 0.5) is 0 Å². The lowest BCUT2D eigenvalue weighted by Gasteiger charge is -2.22. The third-order valence-corrected chi connectivity index (χ3v) is 4.96. The van der Waals surface area contributed by atoms with Crippen molar-refractivity contribution in [1.29, 1.82) is 0 Å². The Morgan fingerprint density at radius 3 is 2.05 bits per heavy atom. The molecule has 0 unspecified atom stereocenters. The fraction of sp³-hybridized carbons (Fsp3) is 0.421. The number of hydrogen-bond acceptors (Lipinski definition) is 2. The van der Waals surface area contributed by atoms with Crippen molar-refractivity contribution in [1.82, 2.24) is 0 Å². The molecule has 2 heteroatoms. The van der Waals surface area contributed by atoms with E-state index in [9.17, 15) is 4.79 Å². The second kappa shape index (κ2) is 5.76. The van der Waals surface area contributed by atoms with Crippen LogP contribution in [0.25, 0.3) is 0 Å². The Labute approximate surface area is 132 Å². The number of rotatable bonds is 3. The Kier molecular flexibility index (Phi) is 4.38. The summed E-state index contributed by atoms with van der Waals surface area (Å²) in [7, 11) is 0. The van der Waals surface area contributed by atoms with E-state index in [1.165, 1.54) is 27.1 Å². The van der Waals surface area contributed by atoms with Gasteiger partial charge in [0.25, 0.3) is 0 Å². The van der Waals surface area contributed by atoms with Gasteiger partial charge in [-0.25, -0.2) is 0 Å². The summed E-state index contributed by atoms with van der Waals surface area (Å²) in [5.74, 6) is 0.225. The van der Waals surface area contributed by atoms with Crippen LogP contribution in [0.15, 0.2) is 24.3 Å². The van der Waals surface area contributed by atoms with Crippen LogP contribution in [0.3, 0.4) is 0 Å². The highest BCUT2D eigenvalue weighted by Gasteiger charge is 2.18. The molecule has 0 saturated carbocycles. The van der Waals surface area contributed by atoms with E-state index in [1.54, 1.807) is 11.3 Å². The second-order valence-electron chi connectivity index (χ2n) is 6.85. The zero-order chi connectivity index (χ0) is 15.8. The van der Waals surface area contributed by atoms with Gasteiger partial charge in [-0.1, -0.05) is 32.9 Å². The van der Waals surface area contributed by atoms with Crippen molar-refractivity contribution in [3.05, 3.63) is 56.3 Å². The van der Waals surface area contributed by atoms with Crippen molar-refractivity contribution >= 4 is 17.1 Å². The van der Waals surface area contributed by atoms with E-state index in [2.05, 4.69) is 46.8 Å². The minimum atomic E-state index is 0.142. The molecule has 0 radical (unpaired) electrons. The van der Waals surface area contributed by atoms with Crippen molar-refractivity contribution in [3.8, 4) is 0 Å². The van der Waals surface area contributed by atoms with Gasteiger partial charge in [-0.2, -0.15) is 0 Å². The number of carbonyl (C=O) groups excluding carboxylic acids is 1. The summed E-state index contributed by atoms with van der Waals surface area (Å²) in [6, 6.07) is 8.42. The molecule has 0 fully saturated rings. The first-order valence-corrected chi connectivity index (χ1v) is 8.20. The molecule has 1 nitrogen and oxygen atoms in total. The van der Waals surface area contributed by atoms with Crippen LogP contribution < -0.4 is 0 Å². The standard InChI is InChI=1S/C19H24OS/c1-12-9-15(19(4,5)6)10-13(2)16(12)11-17(20)18-8-7-14(3)21-18/h7-10H,11H2,1-6H3. The van der Waals surface area contributed by atoms with E-state index in [0.29, 0.717) is 6.42 Å². The molecule has 0 N–H and O–H groups in total. The fourth-order valence-electron chi connectivity index (χ4n) is 2.54. The number of benzene rings is 1. The zero-order valence-electron chi connectivity index (χ0n) is 13.8. The molecule has 0 atom stereocenters. The number of thiophene rings is 1. The molecule has 0 aliphatic heterocycles. The molecule has 0 amide bonds. The maximum atomic E-state index is 12.4. The van der Waals surface area contributed by atoms with Gasteiger partial charge < -0.3 is 0 Å². The summed E-state index contributed by atoms with van der Waals surface area (Å²) < 4.78 is 0. The Hall–Kier alpha value is -1.41. The maximum Gasteiger partial charge on any atom is 0.177 e. The number of carbonyl (C=O) groups is 1. The van der Waals surface area contributed by atoms with Crippen LogP contribution in [0, 0.1) is 20.8 Å². The lowest BCUT2D eigenvalue weighted by molar-refractivity contribution is 0.0996. The molecule has 1 heterocycles. The van der Waals surface area contributed by atoms with Crippen LogP contribution in [0.2, 0.25) is 0 Å². The van der Waals surface area contributed by atoms with Crippen molar-refractivity contribution in [2.75, 3.05) is 0 Å². The summed E-state index contributed by atoms with van der Waals surface area (Å²) >= 11 is 1.58. The summed E-state index contributed by atoms with van der Waals surface area (Å²) in [6.45, 7) is 12.9. The molecule has 1 aromatic heterocycles. The molecule has 21 heavy (non-hydrogen) atoms. The molecular weight excluding hydrogens is 276 g/mol. The number of Topliss-reactive ketones (excluding diaryl/α,β-unsaturated/α-hetero) is 1. The van der Waals surface area contributed by atoms with E-state index >= 15 is 0 Å². The quantitative estimate of drug-likeness (QED) is 0.694. The molecule has 0 spiro atoms. The SMILES string of the molecule is Cc1ccc(C(=O)Cc2c(C)cc(C(C)(C)C)cc2C)s1. The van der Waals surface area contributed by atoms with Crippen LogP contribution in [0.1, 0.15) is 57.6 Å². The van der Waals surface area contributed by atoms with Crippen LogP contribution in [0.5, 0.6) is 0 Å². The van der Waals surface area contributed by atoms with Gasteiger partial charge in [-0.15, -0.1) is 11.3 Å². The van der Waals surface area contributed by atoms with E-state index < -0.39 is 0 Å². The Balaban J connectivity index is 2.31. The molecular formula is C19H24OS. The minimum Gasteiger partial charge on any atom is -0.293 e. The smallest absolute Gasteiger partial charge is 0.177 e. The summed E-state index contributed by atoms with van der Waals surface area (Å²) in [6.07, 6.45) is 0.502. The van der Waals surface area contributed by atoms with Crippen LogP contribution in [-0.2, 0) is 11.8 Å². The highest BCUT2D eigenvalue weighted by atomic mass is 32.1. The summed E-state index contributed by atoms with van der Waals surface area (Å²) in [5.41, 5.74) is 5.10. The third-order valence-electron chi connectivity index (χ3n) is 3.91. The molecule has 0 aliphatic rings. The van der Waals surface area contributed by atoms with Crippen molar-refractivity contribution < 1.29 is 4.79 Å². The maximum absolute atomic E-state index is 12.4. The second-order valence-corrected chi connectivity index (χ2v) is 8.14. The Morgan fingerprint density at radius 1 is 1.05 bits per heavy atom. The van der Waals surface area contributed by atoms with Gasteiger partial charge in [0.2, 0.25) is 0 Å². The minimum absolute atomic E-state index is 0.142. The Morgan fingerprint density at radius 2 is 1.62 bits per heavy atom. The average Bonchev–Trinajstić information content (AvgIpc) is 2.79. The predicted molar refractivity (Wildman–Crippen MR) is 91.7 cm³/mol. The molecule has 112 valence electrons. The average molecular weight is 300 g/mol. The van der Waals surface area contributed by atoms with E-state index in [0.717, 1.165) is 4.88 Å². The monoisotopic (exact) mass is 300 g/mol. The van der Waals surface area contributed by atoms with Gasteiger partial charge in [-0.3, -0.25) is 4.79 Å². The van der Waals surface area contributed by atoms with Gasteiger partial charge in [-0.05, 0) is 60.6 Å². The van der Waals surface area contributed by atoms with Crippen LogP contribution in [-0.4, -0.2) is 5.78 Å². The molecule has 1 aromatic carbocycles. The first kappa shape index (κ1) is 16.0. The predicted octanol–water partition coefficient (Wildman–Crippen LogP) is 5.40. The van der Waals surface area contributed by atoms with Gasteiger partial charge >= 0.3 is 0 Å². The highest BCUT2D eigenvalue weighted by Crippen LogP contribution is 2.28. The first-order chi connectivity index (χ1) is 9.68. The first-order valence-electron chi connectivity index (χ1n) is 7.38. The van der Waals surface area contributed by atoms with Crippen molar-refractivity contribution in [2.24, 2.45) is 0 Å². The van der Waals surface area contributed by atoms with Gasteiger partial charge in [0, 0.05) is 11.3 Å². The Bertz CT molecular complexity index is 648. The summed E-state index contributed by atoms with van der Waals surface area (Å²) in [4.78, 5) is 14.5. The largest absolute Gasteiger partial charge is 0.293 e. The number of hydrogen-bond donors (Lipinski definition) is 0. The topological polar surface area (TPSA) is 17.1 Å². The fourth-order valence-corrected chi connectivity index (χ4v) is 3.34. The lowest BCUT2D eigenvalue weighted by Crippen LogP contribution is -2.13. The van der Waals surface area contributed by atoms with Crippen molar-refractivity contribution in [3.63, 3.8) is 0 Å². The number of aryl methyl sites for hydroxylation is 3. The molecule has 0 bridgehead atoms. The number of ketones is 1. The lowest BCUT2D eigenvalue weighted by atomic mass is 9.83. The highest BCUT2D eigenvalue weighted by molar-refractivity contribution is 7.14. The third kappa shape index (κ3) is 3.62. The van der Waals surface area contributed by atoms with Gasteiger partial charge in [0.1, 0.15) is 0 Å². The van der Waals surface area contributed by atoms with E-state index in [-0.39, 0.29) is 11.2 Å². The van der Waals surface area contributed by atoms with Gasteiger partial charge in [0.05, 0.1) is 4.88 Å². The molecule has 0 saturated heterocycles. The molecule has 2 rings (SSSR count). The normalized spacial score (nSPS) is 11.7. The van der Waals surface area contributed by atoms with Crippen LogP contribution >= 0.6 is 11.3 Å². The van der Waals surface area contributed by atoms with Gasteiger partial charge in [0.15, 0.2) is 5.78 Å². The van der Waals surface area contributed by atoms with Crippen molar-refractivity contribution in [2.45, 2.75) is 53.4 Å². The van der Waals surface area contributed by atoms with E-state index in [4.69, 9.17) is 0 Å². The zero-order valence-corrected chi connectivity index (χ0v) is 14.6. The van der Waals surface area contributed by atoms with E-state index in [1.807, 2.05) is 19.1 Å². The molecule has 2 aromatic rings.